The molecular formula is C35H60N2O5. The number of rotatable bonds is 24. The minimum Gasteiger partial charge on any atom is -0.383 e. The summed E-state index contributed by atoms with van der Waals surface area (Å²) in [5, 5.41) is 0. The molecule has 0 aliphatic carbocycles. The second-order valence-electron chi connectivity index (χ2n) is 10.8. The monoisotopic (exact) mass is 588 g/mol. The molecule has 240 valence electrons. The maximum atomic E-state index is 6.01. The van der Waals surface area contributed by atoms with E-state index in [0.717, 1.165) is 65.7 Å². The van der Waals surface area contributed by atoms with Crippen molar-refractivity contribution in [2.24, 2.45) is 5.92 Å². The van der Waals surface area contributed by atoms with E-state index < -0.39 is 0 Å². The van der Waals surface area contributed by atoms with Crippen LogP contribution in [0.15, 0.2) is 60.7 Å². The highest BCUT2D eigenvalue weighted by molar-refractivity contribution is 5.15. The van der Waals surface area contributed by atoms with E-state index in [1.807, 2.05) is 6.07 Å². The molecule has 0 aliphatic heterocycles. The molecule has 7 nitrogen and oxygen atoms in total. The molecule has 42 heavy (non-hydrogen) atoms. The van der Waals surface area contributed by atoms with Gasteiger partial charge in [0.05, 0.1) is 32.5 Å². The maximum Gasteiger partial charge on any atom is 0.0931 e. The summed E-state index contributed by atoms with van der Waals surface area (Å²) in [5.41, 5.74) is 2.64. The van der Waals surface area contributed by atoms with Crippen molar-refractivity contribution < 1.29 is 23.7 Å². The molecule has 0 saturated carbocycles. The van der Waals surface area contributed by atoms with Gasteiger partial charge in [0, 0.05) is 74.3 Å². The second kappa shape index (κ2) is 26.8. The fourth-order valence-electron chi connectivity index (χ4n) is 4.60. The Bertz CT molecular complexity index is 819. The van der Waals surface area contributed by atoms with Crippen LogP contribution in [0.3, 0.4) is 0 Å². The lowest BCUT2D eigenvalue weighted by Crippen LogP contribution is -2.38. The van der Waals surface area contributed by atoms with E-state index in [4.69, 9.17) is 23.7 Å². The van der Waals surface area contributed by atoms with Crippen molar-refractivity contribution in [1.82, 2.24) is 9.80 Å². The van der Waals surface area contributed by atoms with Crippen molar-refractivity contribution in [2.75, 3.05) is 87.7 Å². The molecular weight excluding hydrogens is 528 g/mol. The van der Waals surface area contributed by atoms with Gasteiger partial charge < -0.3 is 23.7 Å². The van der Waals surface area contributed by atoms with Gasteiger partial charge in [-0.05, 0) is 23.5 Å². The predicted octanol–water partition coefficient (Wildman–Crippen LogP) is 6.16. The Kier molecular flexibility index (Phi) is 24.3. The lowest BCUT2D eigenvalue weighted by atomic mass is 10.0. The fourth-order valence-corrected chi connectivity index (χ4v) is 4.60. The SMILES string of the molecule is CCCCC(CC)COCC(CN(CCOC)Cc1ccccc1)OC.COCCN(CCOC)Cc1ccccc1. The molecule has 0 aromatic heterocycles. The molecule has 0 saturated heterocycles. The van der Waals surface area contributed by atoms with E-state index in [0.29, 0.717) is 12.5 Å². The largest absolute Gasteiger partial charge is 0.383 e. The zero-order valence-corrected chi connectivity index (χ0v) is 27.5. The Morgan fingerprint density at radius 2 is 1.14 bits per heavy atom. The smallest absolute Gasteiger partial charge is 0.0931 e. The van der Waals surface area contributed by atoms with Crippen molar-refractivity contribution in [1.29, 1.82) is 0 Å². The molecule has 0 heterocycles. The van der Waals surface area contributed by atoms with Crippen LogP contribution in [-0.2, 0) is 36.8 Å². The molecule has 0 bridgehead atoms. The van der Waals surface area contributed by atoms with Crippen molar-refractivity contribution in [3.63, 3.8) is 0 Å². The lowest BCUT2D eigenvalue weighted by Gasteiger charge is -2.27. The van der Waals surface area contributed by atoms with E-state index in [2.05, 4.69) is 78.2 Å². The standard InChI is InChI=1S/C22H39NO3.C13H21NO2/c1-5-7-11-20(6-2)18-26-19-22(25-4)17-23(14-15-24-3)16-21-12-9-8-10-13-21;1-15-10-8-14(9-11-16-2)12-13-6-4-3-5-7-13/h8-10,12-13,20,22H,5-7,11,14-19H2,1-4H3;3-7H,8-12H2,1-2H3. The Hall–Kier alpha value is -1.84. The van der Waals surface area contributed by atoms with Gasteiger partial charge in [0.15, 0.2) is 0 Å². The number of hydrogen-bond donors (Lipinski definition) is 0. The first kappa shape index (κ1) is 38.2. The Morgan fingerprint density at radius 1 is 0.643 bits per heavy atom. The zero-order valence-electron chi connectivity index (χ0n) is 27.5. The summed E-state index contributed by atoms with van der Waals surface area (Å²) in [4.78, 5) is 4.72. The number of benzene rings is 2. The van der Waals surface area contributed by atoms with Crippen LogP contribution < -0.4 is 0 Å². The van der Waals surface area contributed by atoms with Crippen LogP contribution in [0.2, 0.25) is 0 Å². The predicted molar refractivity (Wildman–Crippen MR) is 174 cm³/mol. The first-order chi connectivity index (χ1) is 20.6. The molecule has 0 spiro atoms. The van der Waals surface area contributed by atoms with Crippen LogP contribution in [0.4, 0.5) is 0 Å². The summed E-state index contributed by atoms with van der Waals surface area (Å²) in [6.07, 6.45) is 5.08. The summed E-state index contributed by atoms with van der Waals surface area (Å²) in [7, 11) is 6.99. The summed E-state index contributed by atoms with van der Waals surface area (Å²) in [6, 6.07) is 21.0. The molecule has 2 aromatic carbocycles. The van der Waals surface area contributed by atoms with Gasteiger partial charge in [-0.15, -0.1) is 0 Å². The Balaban J connectivity index is 0.000000470. The number of nitrogens with zero attached hydrogens (tertiary/aromatic N) is 2. The number of methoxy groups -OCH3 is 4. The topological polar surface area (TPSA) is 52.6 Å². The van der Waals surface area contributed by atoms with Gasteiger partial charge in [0.1, 0.15) is 0 Å². The van der Waals surface area contributed by atoms with E-state index in [1.54, 1.807) is 28.4 Å². The van der Waals surface area contributed by atoms with Crippen LogP contribution in [0, 0.1) is 5.92 Å². The van der Waals surface area contributed by atoms with Crippen LogP contribution in [-0.4, -0.2) is 104 Å². The van der Waals surface area contributed by atoms with Crippen molar-refractivity contribution in [2.45, 2.75) is 58.7 Å². The van der Waals surface area contributed by atoms with Crippen LogP contribution in [0.1, 0.15) is 50.7 Å². The summed E-state index contributed by atoms with van der Waals surface area (Å²) in [6.45, 7) is 13.7. The van der Waals surface area contributed by atoms with Crippen LogP contribution >= 0.6 is 0 Å². The first-order valence-electron chi connectivity index (χ1n) is 15.7. The number of ether oxygens (including phenoxy) is 5. The average molecular weight is 589 g/mol. The summed E-state index contributed by atoms with van der Waals surface area (Å²) < 4.78 is 27.2. The lowest BCUT2D eigenvalue weighted by molar-refractivity contribution is -0.0233. The normalized spacial score (nSPS) is 12.8. The van der Waals surface area contributed by atoms with E-state index in [1.165, 1.54) is 36.8 Å². The number of unbranched alkanes of at least 4 members (excludes halogenated alkanes) is 1. The minimum absolute atomic E-state index is 0.0826. The quantitative estimate of drug-likeness (QED) is 0.146. The minimum atomic E-state index is 0.0826. The van der Waals surface area contributed by atoms with Gasteiger partial charge in [0.2, 0.25) is 0 Å². The van der Waals surface area contributed by atoms with Gasteiger partial charge in [-0.2, -0.15) is 0 Å². The van der Waals surface area contributed by atoms with Crippen LogP contribution in [0.25, 0.3) is 0 Å². The van der Waals surface area contributed by atoms with Crippen molar-refractivity contribution in [3.8, 4) is 0 Å². The van der Waals surface area contributed by atoms with E-state index >= 15 is 0 Å². The highest BCUT2D eigenvalue weighted by Crippen LogP contribution is 2.14. The van der Waals surface area contributed by atoms with Gasteiger partial charge in [-0.1, -0.05) is 93.8 Å². The molecule has 2 atom stereocenters. The second-order valence-corrected chi connectivity index (χ2v) is 10.8. The molecule has 0 radical (unpaired) electrons. The first-order valence-corrected chi connectivity index (χ1v) is 15.7. The van der Waals surface area contributed by atoms with Crippen molar-refractivity contribution >= 4 is 0 Å². The maximum absolute atomic E-state index is 6.01. The van der Waals surface area contributed by atoms with Gasteiger partial charge in [-0.25, -0.2) is 0 Å². The third-order valence-corrected chi connectivity index (χ3v) is 7.33. The summed E-state index contributed by atoms with van der Waals surface area (Å²) in [5.74, 6) is 0.668. The zero-order chi connectivity index (χ0) is 30.7. The molecule has 0 amide bonds. The van der Waals surface area contributed by atoms with Gasteiger partial charge >= 0.3 is 0 Å². The molecule has 0 aliphatic rings. The molecule has 0 fully saturated rings. The van der Waals surface area contributed by atoms with E-state index in [9.17, 15) is 0 Å². The third-order valence-electron chi connectivity index (χ3n) is 7.33. The Morgan fingerprint density at radius 3 is 1.60 bits per heavy atom. The molecule has 2 aromatic rings. The van der Waals surface area contributed by atoms with Gasteiger partial charge in [0.25, 0.3) is 0 Å². The highest BCUT2D eigenvalue weighted by Gasteiger charge is 2.16. The molecule has 2 rings (SSSR count). The Labute approximate surface area is 257 Å². The third kappa shape index (κ3) is 19.4. The summed E-state index contributed by atoms with van der Waals surface area (Å²) >= 11 is 0. The molecule has 0 N–H and O–H groups in total. The average Bonchev–Trinajstić information content (AvgIpc) is 3.03. The van der Waals surface area contributed by atoms with Gasteiger partial charge in [-0.3, -0.25) is 9.80 Å². The van der Waals surface area contributed by atoms with E-state index in [-0.39, 0.29) is 6.10 Å². The van der Waals surface area contributed by atoms with Crippen molar-refractivity contribution in [3.05, 3.63) is 71.8 Å². The fraction of sp³-hybridized carbons (Fsp3) is 0.657. The number of hydrogen-bond acceptors (Lipinski definition) is 7. The molecule has 2 unspecified atom stereocenters. The highest BCUT2D eigenvalue weighted by atomic mass is 16.5. The molecule has 7 heteroatoms. The van der Waals surface area contributed by atoms with Crippen LogP contribution in [0.5, 0.6) is 0 Å².